The molecule has 3 nitrogen and oxygen atoms in total. The molecule has 1 aliphatic heterocycles. The van der Waals surface area contributed by atoms with Gasteiger partial charge >= 0.3 is 0 Å². The Morgan fingerprint density at radius 2 is 1.75 bits per heavy atom. The highest BCUT2D eigenvalue weighted by atomic mass is 16.1. The SMILES string of the molecule is C=C(C)C(=O)NCCCN(Cc1ccccc1C1[B]CC(C)(C)CC1)c1ccc2cc3ccccc3cc2c1C. The molecule has 1 aliphatic rings. The summed E-state index contributed by atoms with van der Waals surface area (Å²) in [6.07, 6.45) is 4.49. The van der Waals surface area contributed by atoms with Crippen molar-refractivity contribution in [2.75, 3.05) is 18.0 Å². The Morgan fingerprint density at radius 1 is 1.02 bits per heavy atom. The van der Waals surface area contributed by atoms with Crippen LogP contribution in [0.4, 0.5) is 5.69 Å². The minimum Gasteiger partial charge on any atom is -0.367 e. The molecule has 0 aliphatic carbocycles. The number of aryl methyl sites for hydroxylation is 1. The summed E-state index contributed by atoms with van der Waals surface area (Å²) in [5.74, 6) is 0.436. The van der Waals surface area contributed by atoms with Gasteiger partial charge in [0, 0.05) is 30.9 Å². The van der Waals surface area contributed by atoms with Crippen LogP contribution in [0.1, 0.15) is 62.5 Å². The summed E-state index contributed by atoms with van der Waals surface area (Å²) in [7, 11) is 2.55. The van der Waals surface area contributed by atoms with Gasteiger partial charge in [-0.05, 0) is 94.4 Å². The normalized spacial score (nSPS) is 16.4. The zero-order valence-electron chi connectivity index (χ0n) is 24.6. The van der Waals surface area contributed by atoms with Crippen LogP contribution in [-0.2, 0) is 11.3 Å². The second-order valence-electron chi connectivity index (χ2n) is 12.4. The molecule has 0 spiro atoms. The number of nitrogens with zero attached hydrogens (tertiary/aromatic N) is 1. The minimum atomic E-state index is -0.0681. The fraction of sp³-hybridized carbons (Fsp3) is 0.361. The maximum atomic E-state index is 12.1. The van der Waals surface area contributed by atoms with Crippen molar-refractivity contribution in [3.8, 4) is 0 Å². The van der Waals surface area contributed by atoms with Crippen molar-refractivity contribution in [1.82, 2.24) is 5.32 Å². The van der Waals surface area contributed by atoms with E-state index in [4.69, 9.17) is 0 Å². The maximum absolute atomic E-state index is 12.1. The van der Waals surface area contributed by atoms with Crippen LogP contribution in [0.2, 0.25) is 6.32 Å². The van der Waals surface area contributed by atoms with Crippen LogP contribution >= 0.6 is 0 Å². The third-order valence-electron chi connectivity index (χ3n) is 8.65. The number of carbonyl (C=O) groups is 1. The Kier molecular flexibility index (Phi) is 8.35. The van der Waals surface area contributed by atoms with Crippen LogP contribution in [0, 0.1) is 12.3 Å². The summed E-state index contributed by atoms with van der Waals surface area (Å²) >= 11 is 0. The second kappa shape index (κ2) is 11.9. The summed E-state index contributed by atoms with van der Waals surface area (Å²) in [6.45, 7) is 14.9. The van der Waals surface area contributed by atoms with E-state index in [1.54, 1.807) is 6.92 Å². The molecule has 1 radical (unpaired) electrons. The van der Waals surface area contributed by atoms with Crippen molar-refractivity contribution in [1.29, 1.82) is 0 Å². The zero-order valence-corrected chi connectivity index (χ0v) is 24.6. The first-order valence-electron chi connectivity index (χ1n) is 14.7. The molecule has 0 saturated carbocycles. The lowest BCUT2D eigenvalue weighted by molar-refractivity contribution is -0.117. The molecule has 1 fully saturated rings. The van der Waals surface area contributed by atoms with Gasteiger partial charge in [-0.15, -0.1) is 0 Å². The fourth-order valence-electron chi connectivity index (χ4n) is 6.16. The van der Waals surface area contributed by atoms with E-state index in [9.17, 15) is 4.79 Å². The van der Waals surface area contributed by atoms with Gasteiger partial charge in [0.1, 0.15) is 7.28 Å². The van der Waals surface area contributed by atoms with Gasteiger partial charge in [0.05, 0.1) is 0 Å². The van der Waals surface area contributed by atoms with Crippen molar-refractivity contribution < 1.29 is 4.79 Å². The number of hydrogen-bond donors (Lipinski definition) is 1. The highest BCUT2D eigenvalue weighted by Crippen LogP contribution is 2.40. The highest BCUT2D eigenvalue weighted by molar-refractivity contribution is 6.38. The monoisotopic (exact) mass is 529 g/mol. The van der Waals surface area contributed by atoms with Gasteiger partial charge < -0.3 is 10.2 Å². The van der Waals surface area contributed by atoms with E-state index in [2.05, 4.69) is 118 Å². The summed E-state index contributed by atoms with van der Waals surface area (Å²) in [5.41, 5.74) is 6.37. The van der Waals surface area contributed by atoms with Crippen LogP contribution in [-0.4, -0.2) is 26.3 Å². The predicted molar refractivity (Wildman–Crippen MR) is 172 cm³/mol. The summed E-state index contributed by atoms with van der Waals surface area (Å²) in [4.78, 5) is 14.6. The maximum Gasteiger partial charge on any atom is 0.246 e. The largest absolute Gasteiger partial charge is 0.367 e. The number of amides is 1. The Hall–Kier alpha value is -3.53. The van der Waals surface area contributed by atoms with Gasteiger partial charge in [-0.2, -0.15) is 0 Å². The molecule has 205 valence electrons. The Morgan fingerprint density at radius 3 is 2.48 bits per heavy atom. The molecule has 4 aromatic rings. The molecule has 0 aromatic heterocycles. The molecule has 1 unspecified atom stereocenters. The first kappa shape index (κ1) is 28.0. The fourth-order valence-corrected chi connectivity index (χ4v) is 6.16. The average Bonchev–Trinajstić information content (AvgIpc) is 2.94. The number of anilines is 1. The molecule has 0 bridgehead atoms. The minimum absolute atomic E-state index is 0.0681. The second-order valence-corrected chi connectivity index (χ2v) is 12.4. The van der Waals surface area contributed by atoms with Crippen LogP contribution in [0.15, 0.2) is 84.9 Å². The molecule has 1 saturated heterocycles. The quantitative estimate of drug-likeness (QED) is 0.102. The Balaban J connectivity index is 1.46. The van der Waals surface area contributed by atoms with E-state index in [0.717, 1.165) is 25.8 Å². The number of fused-ring (bicyclic) bond motifs is 2. The smallest absolute Gasteiger partial charge is 0.246 e. The van der Waals surface area contributed by atoms with E-state index in [1.807, 2.05) is 0 Å². The number of benzene rings is 4. The molecule has 4 heteroatoms. The third-order valence-corrected chi connectivity index (χ3v) is 8.65. The molecular weight excluding hydrogens is 487 g/mol. The topological polar surface area (TPSA) is 32.3 Å². The van der Waals surface area contributed by atoms with E-state index in [0.29, 0.717) is 23.4 Å². The molecule has 40 heavy (non-hydrogen) atoms. The summed E-state index contributed by atoms with van der Waals surface area (Å²) in [5, 5.41) is 8.13. The van der Waals surface area contributed by atoms with Crippen LogP contribution < -0.4 is 10.2 Å². The van der Waals surface area contributed by atoms with Crippen LogP contribution in [0.5, 0.6) is 0 Å². The van der Waals surface area contributed by atoms with Gasteiger partial charge in [0.2, 0.25) is 5.91 Å². The first-order chi connectivity index (χ1) is 19.2. The average molecular weight is 530 g/mol. The van der Waals surface area contributed by atoms with Crippen LogP contribution in [0.3, 0.4) is 0 Å². The lowest BCUT2D eigenvalue weighted by Crippen LogP contribution is -2.31. The number of carbonyl (C=O) groups excluding carboxylic acids is 1. The van der Waals surface area contributed by atoms with Gasteiger partial charge in [0.25, 0.3) is 0 Å². The standard InChI is InChI=1S/C36H42BN2O/c1-25(2)35(40)38-19-10-20-39(23-30-13-8-9-14-31(30)33-17-18-36(4,5)24-37-33)34-16-15-29-21-27-11-6-7-12-28(27)22-32(29)26(34)3/h6-9,11-16,21-22,33H,1,10,17-20,23-24H2,2-5H3,(H,38,40). The lowest BCUT2D eigenvalue weighted by atomic mass is 9.47. The number of nitrogens with one attached hydrogen (secondary N) is 1. The van der Waals surface area contributed by atoms with Crippen LogP contribution in [0.25, 0.3) is 21.5 Å². The first-order valence-corrected chi connectivity index (χ1v) is 14.7. The molecule has 4 aromatic carbocycles. The van der Waals surface area contributed by atoms with Gasteiger partial charge in [-0.3, -0.25) is 4.79 Å². The van der Waals surface area contributed by atoms with E-state index < -0.39 is 0 Å². The number of rotatable bonds is 9. The molecule has 5 rings (SSSR count). The van der Waals surface area contributed by atoms with E-state index >= 15 is 0 Å². The Labute approximate surface area is 240 Å². The van der Waals surface area contributed by atoms with E-state index in [1.165, 1.54) is 56.8 Å². The lowest BCUT2D eigenvalue weighted by Gasteiger charge is -2.35. The molecular formula is C36H42BN2O. The Bertz CT molecular complexity index is 1530. The number of hydrogen-bond acceptors (Lipinski definition) is 2. The van der Waals surface area contributed by atoms with Gasteiger partial charge in [0.15, 0.2) is 0 Å². The highest BCUT2D eigenvalue weighted by Gasteiger charge is 2.29. The van der Waals surface area contributed by atoms with Crippen molar-refractivity contribution in [3.05, 3.63) is 102 Å². The van der Waals surface area contributed by atoms with E-state index in [-0.39, 0.29) is 5.91 Å². The predicted octanol–water partition coefficient (Wildman–Crippen LogP) is 8.37. The van der Waals surface area contributed by atoms with Crippen molar-refractivity contribution in [3.63, 3.8) is 0 Å². The van der Waals surface area contributed by atoms with Crippen molar-refractivity contribution in [2.24, 2.45) is 5.41 Å². The van der Waals surface area contributed by atoms with Crippen molar-refractivity contribution in [2.45, 2.75) is 65.6 Å². The van der Waals surface area contributed by atoms with Gasteiger partial charge in [-0.25, -0.2) is 0 Å². The molecule has 1 N–H and O–H groups in total. The molecule has 1 atom stereocenters. The zero-order chi connectivity index (χ0) is 28.3. The summed E-state index contributed by atoms with van der Waals surface area (Å²) < 4.78 is 0. The van der Waals surface area contributed by atoms with Gasteiger partial charge in [-0.1, -0.05) is 87.8 Å². The third kappa shape index (κ3) is 6.27. The molecule has 1 heterocycles. The summed E-state index contributed by atoms with van der Waals surface area (Å²) in [6, 6.07) is 26.8. The molecule has 1 amide bonds. The van der Waals surface area contributed by atoms with Crippen molar-refractivity contribution >= 4 is 40.4 Å².